The number of carbonyl (C=O) groups excluding carboxylic acids is 2. The van der Waals surface area contributed by atoms with E-state index in [1.54, 1.807) is 0 Å². The Morgan fingerprint density at radius 3 is 2.62 bits per heavy atom. The van der Waals surface area contributed by atoms with E-state index >= 15 is 0 Å². The number of carboxylic acids is 1. The Hall–Kier alpha value is -2.65. The van der Waals surface area contributed by atoms with Gasteiger partial charge in [0.15, 0.2) is 0 Å². The SMILES string of the molecule is O=C(O)c1cc2c(cn1)CN(C1CCC(C(F)(F)F)NC1=O)C2=O. The molecule has 0 aromatic carbocycles. The molecule has 2 amide bonds. The maximum absolute atomic E-state index is 12.7. The van der Waals surface area contributed by atoms with Crippen molar-refractivity contribution in [3.63, 3.8) is 0 Å². The minimum Gasteiger partial charge on any atom is -0.477 e. The molecule has 1 fully saturated rings. The average Bonchev–Trinajstić information content (AvgIpc) is 2.82. The summed E-state index contributed by atoms with van der Waals surface area (Å²) in [4.78, 5) is 40.2. The van der Waals surface area contributed by atoms with Crippen molar-refractivity contribution in [1.82, 2.24) is 15.2 Å². The van der Waals surface area contributed by atoms with Crippen LogP contribution in [0.5, 0.6) is 0 Å². The molecule has 0 spiro atoms. The summed E-state index contributed by atoms with van der Waals surface area (Å²) in [5.74, 6) is -2.75. The lowest BCUT2D eigenvalue weighted by molar-refractivity contribution is -0.170. The number of nitrogens with one attached hydrogen (secondary N) is 1. The first-order chi connectivity index (χ1) is 11.2. The quantitative estimate of drug-likeness (QED) is 0.833. The molecule has 1 saturated heterocycles. The number of halogens is 3. The monoisotopic (exact) mass is 343 g/mol. The zero-order valence-electron chi connectivity index (χ0n) is 12.1. The van der Waals surface area contributed by atoms with Crippen molar-refractivity contribution < 1.29 is 32.7 Å². The van der Waals surface area contributed by atoms with E-state index in [0.29, 0.717) is 5.56 Å². The van der Waals surface area contributed by atoms with Crippen molar-refractivity contribution in [1.29, 1.82) is 0 Å². The van der Waals surface area contributed by atoms with Crippen molar-refractivity contribution in [2.24, 2.45) is 0 Å². The smallest absolute Gasteiger partial charge is 0.408 e. The fraction of sp³-hybridized carbons (Fsp3) is 0.429. The summed E-state index contributed by atoms with van der Waals surface area (Å²) in [6.07, 6.45) is -3.73. The number of nitrogens with zero attached hydrogens (tertiary/aromatic N) is 2. The summed E-state index contributed by atoms with van der Waals surface area (Å²) >= 11 is 0. The van der Waals surface area contributed by atoms with Gasteiger partial charge in [0.2, 0.25) is 5.91 Å². The summed E-state index contributed by atoms with van der Waals surface area (Å²) in [6.45, 7) is 0.00976. The van der Waals surface area contributed by atoms with E-state index in [4.69, 9.17) is 5.11 Å². The van der Waals surface area contributed by atoms with Crippen LogP contribution in [-0.4, -0.2) is 51.0 Å². The Morgan fingerprint density at radius 2 is 2.04 bits per heavy atom. The zero-order valence-corrected chi connectivity index (χ0v) is 12.1. The number of rotatable bonds is 2. The second-order valence-corrected chi connectivity index (χ2v) is 5.66. The fourth-order valence-corrected chi connectivity index (χ4v) is 2.93. The first-order valence-corrected chi connectivity index (χ1v) is 7.08. The van der Waals surface area contributed by atoms with Crippen LogP contribution in [0.25, 0.3) is 0 Å². The first kappa shape index (κ1) is 16.2. The molecule has 2 aliphatic heterocycles. The normalized spacial score (nSPS) is 23.9. The van der Waals surface area contributed by atoms with E-state index in [0.717, 1.165) is 11.0 Å². The zero-order chi connectivity index (χ0) is 17.6. The highest BCUT2D eigenvalue weighted by atomic mass is 19.4. The maximum Gasteiger partial charge on any atom is 0.408 e. The standard InChI is InChI=1S/C14H12F3N3O4/c15-14(16,17)10-2-1-9(11(21)19-10)20-5-6-4-18-8(13(23)24)3-7(6)12(20)22/h3-4,9-10H,1-2,5H2,(H,19,21)(H,23,24). The Morgan fingerprint density at radius 1 is 1.33 bits per heavy atom. The van der Waals surface area contributed by atoms with Crippen molar-refractivity contribution in [2.45, 2.75) is 37.6 Å². The highest BCUT2D eigenvalue weighted by molar-refractivity contribution is 6.02. The number of pyridine rings is 1. The van der Waals surface area contributed by atoms with Gasteiger partial charge in [-0.2, -0.15) is 13.2 Å². The van der Waals surface area contributed by atoms with E-state index in [-0.39, 0.29) is 30.6 Å². The number of carbonyl (C=O) groups is 3. The van der Waals surface area contributed by atoms with Crippen molar-refractivity contribution in [3.05, 3.63) is 29.1 Å². The molecule has 0 saturated carbocycles. The van der Waals surface area contributed by atoms with Crippen LogP contribution in [0.4, 0.5) is 13.2 Å². The molecule has 24 heavy (non-hydrogen) atoms. The molecule has 0 radical (unpaired) electrons. The molecule has 1 aromatic heterocycles. The van der Waals surface area contributed by atoms with Crippen molar-refractivity contribution in [3.8, 4) is 0 Å². The topological polar surface area (TPSA) is 99.6 Å². The van der Waals surface area contributed by atoms with E-state index in [9.17, 15) is 27.6 Å². The van der Waals surface area contributed by atoms with Crippen LogP contribution >= 0.6 is 0 Å². The molecule has 0 bridgehead atoms. The number of aromatic nitrogens is 1. The van der Waals surface area contributed by atoms with E-state index < -0.39 is 36.0 Å². The summed E-state index contributed by atoms with van der Waals surface area (Å²) in [6, 6.07) is -1.82. The lowest BCUT2D eigenvalue weighted by Crippen LogP contribution is -2.58. The molecule has 1 aromatic rings. The third-order valence-electron chi connectivity index (χ3n) is 4.16. The lowest BCUT2D eigenvalue weighted by Gasteiger charge is -2.34. The molecule has 3 rings (SSSR count). The van der Waals surface area contributed by atoms with Gasteiger partial charge in [-0.1, -0.05) is 0 Å². The van der Waals surface area contributed by atoms with Crippen LogP contribution in [0.2, 0.25) is 0 Å². The Labute approximate surface area is 133 Å². The average molecular weight is 343 g/mol. The predicted octanol–water partition coefficient (Wildman–Crippen LogP) is 0.945. The van der Waals surface area contributed by atoms with Gasteiger partial charge in [0.05, 0.1) is 0 Å². The van der Waals surface area contributed by atoms with Crippen molar-refractivity contribution in [2.75, 3.05) is 0 Å². The van der Waals surface area contributed by atoms with Crippen LogP contribution in [-0.2, 0) is 11.3 Å². The second kappa shape index (κ2) is 5.46. The Bertz CT molecular complexity index is 734. The molecule has 7 nitrogen and oxygen atoms in total. The van der Waals surface area contributed by atoms with Gasteiger partial charge in [-0.3, -0.25) is 9.59 Å². The van der Waals surface area contributed by atoms with Gasteiger partial charge in [0.25, 0.3) is 5.91 Å². The third kappa shape index (κ3) is 2.68. The van der Waals surface area contributed by atoms with Gasteiger partial charge in [-0.05, 0) is 18.9 Å². The maximum atomic E-state index is 12.7. The van der Waals surface area contributed by atoms with Crippen molar-refractivity contribution >= 4 is 17.8 Å². The van der Waals surface area contributed by atoms with Crippen LogP contribution in [0, 0.1) is 0 Å². The van der Waals surface area contributed by atoms with Crippen LogP contribution in [0.15, 0.2) is 12.3 Å². The molecule has 0 aliphatic carbocycles. The molecular weight excluding hydrogens is 331 g/mol. The van der Waals surface area contributed by atoms with E-state index in [1.807, 2.05) is 5.32 Å². The molecule has 2 N–H and O–H groups in total. The highest BCUT2D eigenvalue weighted by Gasteiger charge is 2.47. The highest BCUT2D eigenvalue weighted by Crippen LogP contribution is 2.31. The largest absolute Gasteiger partial charge is 0.477 e. The first-order valence-electron chi connectivity index (χ1n) is 7.08. The molecule has 2 aliphatic rings. The summed E-state index contributed by atoms with van der Waals surface area (Å²) in [7, 11) is 0. The molecule has 2 atom stereocenters. The minimum absolute atomic E-state index is 0.00976. The number of carboxylic acid groups (broad SMARTS) is 1. The molecule has 128 valence electrons. The number of piperidine rings is 1. The van der Waals surface area contributed by atoms with Gasteiger partial charge in [0, 0.05) is 23.9 Å². The van der Waals surface area contributed by atoms with Crippen LogP contribution in [0.1, 0.15) is 39.3 Å². The van der Waals surface area contributed by atoms with Gasteiger partial charge in [-0.15, -0.1) is 0 Å². The van der Waals surface area contributed by atoms with Gasteiger partial charge >= 0.3 is 12.1 Å². The summed E-state index contributed by atoms with van der Waals surface area (Å²) in [5.41, 5.74) is 0.234. The molecule has 2 unspecified atom stereocenters. The molecule has 3 heterocycles. The van der Waals surface area contributed by atoms with Gasteiger partial charge < -0.3 is 15.3 Å². The third-order valence-corrected chi connectivity index (χ3v) is 4.16. The lowest BCUT2D eigenvalue weighted by atomic mass is 9.98. The number of alkyl halides is 3. The number of aromatic carboxylic acids is 1. The number of hydrogen-bond acceptors (Lipinski definition) is 4. The van der Waals surface area contributed by atoms with Crippen LogP contribution < -0.4 is 5.32 Å². The Balaban J connectivity index is 1.79. The fourth-order valence-electron chi connectivity index (χ4n) is 2.93. The second-order valence-electron chi connectivity index (χ2n) is 5.66. The van der Waals surface area contributed by atoms with E-state index in [1.165, 1.54) is 6.20 Å². The molecular formula is C14H12F3N3O4. The minimum atomic E-state index is -4.53. The van der Waals surface area contributed by atoms with E-state index in [2.05, 4.69) is 4.98 Å². The van der Waals surface area contributed by atoms with Crippen LogP contribution in [0.3, 0.4) is 0 Å². The summed E-state index contributed by atoms with van der Waals surface area (Å²) in [5, 5.41) is 10.8. The number of amides is 2. The summed E-state index contributed by atoms with van der Waals surface area (Å²) < 4.78 is 38.0. The van der Waals surface area contributed by atoms with Gasteiger partial charge in [0.1, 0.15) is 17.8 Å². The Kier molecular flexibility index (Phi) is 3.69. The number of fused-ring (bicyclic) bond motifs is 1. The molecule has 10 heteroatoms. The predicted molar refractivity (Wildman–Crippen MR) is 72.1 cm³/mol. The number of hydrogen-bond donors (Lipinski definition) is 2. The van der Waals surface area contributed by atoms with Gasteiger partial charge in [-0.25, -0.2) is 9.78 Å².